The number of para-hydroxylation sites is 1. The molecule has 0 aliphatic heterocycles. The molecule has 1 amide bonds. The Morgan fingerprint density at radius 2 is 1.79 bits per heavy atom. The van der Waals surface area contributed by atoms with Crippen LogP contribution in [0.25, 0.3) is 16.6 Å². The number of hydrogen-bond acceptors (Lipinski definition) is 2. The van der Waals surface area contributed by atoms with E-state index in [9.17, 15) is 18.0 Å². The van der Waals surface area contributed by atoms with Gasteiger partial charge in [-0.3, -0.25) is 4.79 Å². The first-order chi connectivity index (χ1) is 11.4. The maximum absolute atomic E-state index is 12.5. The average Bonchev–Trinajstić information content (AvgIpc) is 2.97. The second-order valence-electron chi connectivity index (χ2n) is 5.38. The van der Waals surface area contributed by atoms with Crippen LogP contribution in [-0.2, 0) is 4.79 Å². The van der Waals surface area contributed by atoms with Crippen molar-refractivity contribution in [2.24, 2.45) is 0 Å². The number of fused-ring (bicyclic) bond motifs is 1. The largest absolute Gasteiger partial charge is 0.471 e. The number of benzene rings is 2. The van der Waals surface area contributed by atoms with Crippen molar-refractivity contribution in [3.05, 3.63) is 60.3 Å². The molecule has 0 saturated heterocycles. The van der Waals surface area contributed by atoms with E-state index in [4.69, 9.17) is 0 Å². The van der Waals surface area contributed by atoms with Crippen LogP contribution in [0.3, 0.4) is 0 Å². The first kappa shape index (κ1) is 16.0. The third-order valence-corrected chi connectivity index (χ3v) is 3.67. The molecule has 0 spiro atoms. The summed E-state index contributed by atoms with van der Waals surface area (Å²) in [5.74, 6) is -1.96. The van der Waals surface area contributed by atoms with Crippen LogP contribution < -0.4 is 5.32 Å². The first-order valence-electron chi connectivity index (χ1n) is 7.27. The zero-order chi connectivity index (χ0) is 17.3. The monoisotopic (exact) mass is 333 g/mol. The van der Waals surface area contributed by atoms with Gasteiger partial charge in [0.25, 0.3) is 0 Å². The predicted octanol–water partition coefficient (Wildman–Crippen LogP) is 3.77. The van der Waals surface area contributed by atoms with E-state index in [1.54, 1.807) is 35.1 Å². The van der Waals surface area contributed by atoms with E-state index in [0.717, 1.165) is 10.9 Å². The Hall–Kier alpha value is -2.83. The molecule has 24 heavy (non-hydrogen) atoms. The molecule has 124 valence electrons. The lowest BCUT2D eigenvalue weighted by Gasteiger charge is -2.18. The summed E-state index contributed by atoms with van der Waals surface area (Å²) in [6.45, 7) is 1.51. The van der Waals surface area contributed by atoms with Gasteiger partial charge in [0, 0.05) is 11.6 Å². The molecule has 0 fully saturated rings. The molecule has 2 aromatic carbocycles. The number of aromatic nitrogens is 2. The Kier molecular flexibility index (Phi) is 4.01. The van der Waals surface area contributed by atoms with E-state index in [1.807, 2.05) is 29.6 Å². The fraction of sp³-hybridized carbons (Fsp3) is 0.176. The molecule has 0 saturated carbocycles. The van der Waals surface area contributed by atoms with Crippen LogP contribution in [0.2, 0.25) is 0 Å². The molecular weight excluding hydrogens is 319 g/mol. The van der Waals surface area contributed by atoms with Gasteiger partial charge in [-0.1, -0.05) is 36.4 Å². The van der Waals surface area contributed by atoms with Crippen molar-refractivity contribution in [3.63, 3.8) is 0 Å². The van der Waals surface area contributed by atoms with Crippen molar-refractivity contribution in [2.75, 3.05) is 0 Å². The zero-order valence-corrected chi connectivity index (χ0v) is 12.7. The average molecular weight is 333 g/mol. The highest BCUT2D eigenvalue weighted by Gasteiger charge is 2.39. The molecule has 0 unspecified atom stereocenters. The lowest BCUT2D eigenvalue weighted by molar-refractivity contribution is -0.174. The van der Waals surface area contributed by atoms with Crippen molar-refractivity contribution in [3.8, 4) is 5.69 Å². The second-order valence-corrected chi connectivity index (χ2v) is 5.38. The Morgan fingerprint density at radius 1 is 1.12 bits per heavy atom. The number of carbonyl (C=O) groups is 1. The lowest BCUT2D eigenvalue weighted by Crippen LogP contribution is -2.38. The quantitative estimate of drug-likeness (QED) is 0.793. The van der Waals surface area contributed by atoms with Crippen LogP contribution in [-0.4, -0.2) is 21.9 Å². The highest BCUT2D eigenvalue weighted by atomic mass is 19.4. The van der Waals surface area contributed by atoms with Gasteiger partial charge in [-0.15, -0.1) is 0 Å². The fourth-order valence-corrected chi connectivity index (χ4v) is 2.51. The van der Waals surface area contributed by atoms with Crippen LogP contribution in [0.15, 0.2) is 54.7 Å². The number of hydrogen-bond donors (Lipinski definition) is 1. The molecule has 3 aromatic rings. The van der Waals surface area contributed by atoms with E-state index in [-0.39, 0.29) is 0 Å². The lowest BCUT2D eigenvalue weighted by atomic mass is 10.1. The fourth-order valence-electron chi connectivity index (χ4n) is 2.51. The van der Waals surface area contributed by atoms with E-state index in [0.29, 0.717) is 11.3 Å². The molecule has 0 aliphatic rings. The van der Waals surface area contributed by atoms with Crippen molar-refractivity contribution in [1.29, 1.82) is 0 Å². The minimum Gasteiger partial charge on any atom is -0.342 e. The molecule has 3 rings (SSSR count). The molecule has 4 nitrogen and oxygen atoms in total. The summed E-state index contributed by atoms with van der Waals surface area (Å²) in [6, 6.07) is 13.6. The SMILES string of the molecule is C[C@H](NC(=O)C(F)(F)F)c1ccccc1-n1cc2ccccc2n1. The van der Waals surface area contributed by atoms with Gasteiger partial charge < -0.3 is 5.32 Å². The van der Waals surface area contributed by atoms with Gasteiger partial charge in [0.05, 0.1) is 17.2 Å². The van der Waals surface area contributed by atoms with Gasteiger partial charge in [0.1, 0.15) is 0 Å². The maximum Gasteiger partial charge on any atom is 0.471 e. The number of nitrogens with one attached hydrogen (secondary N) is 1. The Balaban J connectivity index is 1.97. The summed E-state index contributed by atoms with van der Waals surface area (Å²) in [5, 5.41) is 7.33. The molecular formula is C17H14F3N3O. The number of alkyl halides is 3. The van der Waals surface area contributed by atoms with E-state index in [2.05, 4.69) is 5.10 Å². The predicted molar refractivity (Wildman–Crippen MR) is 83.7 cm³/mol. The van der Waals surface area contributed by atoms with Crippen LogP contribution in [0.5, 0.6) is 0 Å². The molecule has 1 aromatic heterocycles. The number of halogens is 3. The standard InChI is InChI=1S/C17H14F3N3O/c1-11(21-16(24)17(18,19)20)13-7-3-5-9-15(13)23-10-12-6-2-4-8-14(12)22-23/h2-11H,1H3,(H,21,24)/t11-/m0/s1. The smallest absolute Gasteiger partial charge is 0.342 e. The molecule has 1 N–H and O–H groups in total. The van der Waals surface area contributed by atoms with Crippen LogP contribution in [0.4, 0.5) is 13.2 Å². The maximum atomic E-state index is 12.5. The highest BCUT2D eigenvalue weighted by molar-refractivity contribution is 5.82. The van der Waals surface area contributed by atoms with Gasteiger partial charge >= 0.3 is 12.1 Å². The van der Waals surface area contributed by atoms with Gasteiger partial charge in [-0.2, -0.15) is 18.3 Å². The summed E-state index contributed by atoms with van der Waals surface area (Å²) in [4.78, 5) is 11.2. The van der Waals surface area contributed by atoms with Crippen molar-refractivity contribution in [2.45, 2.75) is 19.1 Å². The van der Waals surface area contributed by atoms with Crippen molar-refractivity contribution in [1.82, 2.24) is 15.1 Å². The Labute approximate surface area is 135 Å². The Morgan fingerprint density at radius 3 is 2.50 bits per heavy atom. The highest BCUT2D eigenvalue weighted by Crippen LogP contribution is 2.24. The molecule has 0 bridgehead atoms. The number of amides is 1. The van der Waals surface area contributed by atoms with Gasteiger partial charge in [-0.25, -0.2) is 4.68 Å². The molecule has 1 atom stereocenters. The molecule has 0 radical (unpaired) electrons. The first-order valence-corrected chi connectivity index (χ1v) is 7.27. The van der Waals surface area contributed by atoms with E-state index in [1.165, 1.54) is 6.92 Å². The number of nitrogens with zero attached hydrogens (tertiary/aromatic N) is 2. The van der Waals surface area contributed by atoms with E-state index >= 15 is 0 Å². The summed E-state index contributed by atoms with van der Waals surface area (Å²) in [7, 11) is 0. The summed E-state index contributed by atoms with van der Waals surface area (Å²) in [6.07, 6.45) is -3.12. The second kappa shape index (κ2) is 5.99. The van der Waals surface area contributed by atoms with Crippen molar-refractivity contribution < 1.29 is 18.0 Å². The minimum absolute atomic E-state index is 0.544. The Bertz CT molecular complexity index is 853. The summed E-state index contributed by atoms with van der Waals surface area (Å²) in [5.41, 5.74) is 1.94. The van der Waals surface area contributed by atoms with Crippen molar-refractivity contribution >= 4 is 16.8 Å². The number of rotatable bonds is 3. The molecule has 1 heterocycles. The summed E-state index contributed by atoms with van der Waals surface area (Å²) >= 11 is 0. The third kappa shape index (κ3) is 3.10. The topological polar surface area (TPSA) is 46.9 Å². The number of carbonyl (C=O) groups excluding carboxylic acids is 1. The van der Waals surface area contributed by atoms with E-state index < -0.39 is 18.1 Å². The normalized spacial score (nSPS) is 13.0. The minimum atomic E-state index is -4.91. The third-order valence-electron chi connectivity index (χ3n) is 3.67. The summed E-state index contributed by atoms with van der Waals surface area (Å²) < 4.78 is 39.0. The molecule has 7 heteroatoms. The van der Waals surface area contributed by atoms with Gasteiger partial charge in [-0.05, 0) is 24.6 Å². The molecule has 0 aliphatic carbocycles. The van der Waals surface area contributed by atoms with Crippen LogP contribution >= 0.6 is 0 Å². The zero-order valence-electron chi connectivity index (χ0n) is 12.7. The van der Waals surface area contributed by atoms with Gasteiger partial charge in [0.15, 0.2) is 0 Å². The van der Waals surface area contributed by atoms with Gasteiger partial charge in [0.2, 0.25) is 0 Å². The van der Waals surface area contributed by atoms with Crippen LogP contribution in [0.1, 0.15) is 18.5 Å². The van der Waals surface area contributed by atoms with Crippen LogP contribution in [0, 0.1) is 0 Å².